The Morgan fingerprint density at radius 3 is 2.85 bits per heavy atom. The highest BCUT2D eigenvalue weighted by molar-refractivity contribution is 9.10. The van der Waals surface area contributed by atoms with Crippen molar-refractivity contribution < 1.29 is 0 Å². The van der Waals surface area contributed by atoms with Gasteiger partial charge in [-0.2, -0.15) is 4.68 Å². The number of hydrogen-bond acceptors (Lipinski definition) is 3. The van der Waals surface area contributed by atoms with Crippen molar-refractivity contribution in [3.63, 3.8) is 0 Å². The van der Waals surface area contributed by atoms with Crippen molar-refractivity contribution in [2.75, 3.05) is 0 Å². The molecular weight excluding hydrogens is 232 g/mol. The molecule has 0 aliphatic carbocycles. The molecule has 0 radical (unpaired) electrons. The summed E-state index contributed by atoms with van der Waals surface area (Å²) in [4.78, 5) is 0. The lowest BCUT2D eigenvalue weighted by atomic mass is 10.2. The first-order valence-corrected chi connectivity index (χ1v) is 4.56. The Labute approximate surface area is 83.7 Å². The summed E-state index contributed by atoms with van der Waals surface area (Å²) in [6, 6.07) is 6.01. The molecule has 0 unspecified atom stereocenters. The van der Waals surface area contributed by atoms with Gasteiger partial charge < -0.3 is 0 Å². The van der Waals surface area contributed by atoms with Gasteiger partial charge in [0.25, 0.3) is 0 Å². The van der Waals surface area contributed by atoms with Crippen LogP contribution in [0.2, 0.25) is 0 Å². The molecule has 0 saturated carbocycles. The average molecular weight is 239 g/mol. The van der Waals surface area contributed by atoms with E-state index in [9.17, 15) is 0 Å². The van der Waals surface area contributed by atoms with Crippen LogP contribution in [0.15, 0.2) is 29.0 Å². The molecule has 0 atom stereocenters. The summed E-state index contributed by atoms with van der Waals surface area (Å²) in [5.74, 6) is 0. The Balaban J connectivity index is 2.53. The summed E-state index contributed by atoms with van der Waals surface area (Å²) in [6.45, 7) is 2.04. The molecule has 0 amide bonds. The van der Waals surface area contributed by atoms with Crippen molar-refractivity contribution in [1.29, 1.82) is 0 Å². The van der Waals surface area contributed by atoms with E-state index in [0.717, 1.165) is 10.2 Å². The zero-order chi connectivity index (χ0) is 9.26. The van der Waals surface area contributed by atoms with E-state index in [1.54, 1.807) is 11.0 Å². The van der Waals surface area contributed by atoms with Gasteiger partial charge >= 0.3 is 0 Å². The molecule has 1 aromatic carbocycles. The van der Waals surface area contributed by atoms with Crippen molar-refractivity contribution in [3.05, 3.63) is 34.6 Å². The third-order valence-electron chi connectivity index (χ3n) is 1.70. The fraction of sp³-hybridized carbons (Fsp3) is 0.125. The van der Waals surface area contributed by atoms with Gasteiger partial charge in [0.15, 0.2) is 0 Å². The van der Waals surface area contributed by atoms with Crippen LogP contribution in [-0.2, 0) is 0 Å². The number of aryl methyl sites for hydroxylation is 1. The van der Waals surface area contributed by atoms with Gasteiger partial charge in [0.05, 0.1) is 5.69 Å². The van der Waals surface area contributed by atoms with Crippen LogP contribution in [0.1, 0.15) is 5.56 Å². The Hall–Kier alpha value is -1.23. The highest BCUT2D eigenvalue weighted by atomic mass is 79.9. The Morgan fingerprint density at radius 1 is 1.38 bits per heavy atom. The lowest BCUT2D eigenvalue weighted by molar-refractivity contribution is 0.786. The number of benzene rings is 1. The lowest BCUT2D eigenvalue weighted by Crippen LogP contribution is -1.96. The number of rotatable bonds is 1. The maximum absolute atomic E-state index is 3.80. The van der Waals surface area contributed by atoms with Gasteiger partial charge in [0, 0.05) is 4.47 Å². The molecule has 4 nitrogen and oxygen atoms in total. The Kier molecular flexibility index (Phi) is 2.10. The van der Waals surface area contributed by atoms with Crippen LogP contribution in [0.25, 0.3) is 5.69 Å². The minimum absolute atomic E-state index is 0.940. The first-order valence-electron chi connectivity index (χ1n) is 3.77. The SMILES string of the molecule is Cc1ccc(-n2cnnn2)c(Br)c1. The van der Waals surface area contributed by atoms with Crippen LogP contribution < -0.4 is 0 Å². The molecule has 0 N–H and O–H groups in total. The van der Waals surface area contributed by atoms with E-state index in [0.29, 0.717) is 0 Å². The van der Waals surface area contributed by atoms with Crippen molar-refractivity contribution >= 4 is 15.9 Å². The third kappa shape index (κ3) is 1.60. The minimum atomic E-state index is 0.940. The molecule has 0 aliphatic rings. The number of nitrogens with zero attached hydrogens (tertiary/aromatic N) is 4. The predicted molar refractivity (Wildman–Crippen MR) is 51.6 cm³/mol. The average Bonchev–Trinajstić information content (AvgIpc) is 2.56. The smallest absolute Gasteiger partial charge is 0.143 e. The summed E-state index contributed by atoms with van der Waals surface area (Å²) < 4.78 is 2.60. The van der Waals surface area contributed by atoms with Crippen LogP contribution in [0.4, 0.5) is 0 Å². The predicted octanol–water partition coefficient (Wildman–Crippen LogP) is 1.73. The van der Waals surface area contributed by atoms with Crippen LogP contribution in [0.3, 0.4) is 0 Å². The molecule has 5 heteroatoms. The van der Waals surface area contributed by atoms with Crippen LogP contribution in [-0.4, -0.2) is 20.2 Å². The first kappa shape index (κ1) is 8.37. The monoisotopic (exact) mass is 238 g/mol. The van der Waals surface area contributed by atoms with Gasteiger partial charge in [-0.25, -0.2) is 0 Å². The lowest BCUT2D eigenvalue weighted by Gasteiger charge is -2.02. The standard InChI is InChI=1S/C8H7BrN4/c1-6-2-3-8(7(9)4-6)13-5-10-11-12-13/h2-5H,1H3. The van der Waals surface area contributed by atoms with Crippen LogP contribution >= 0.6 is 15.9 Å². The summed E-state index contributed by atoms with van der Waals surface area (Å²) in [7, 11) is 0. The van der Waals surface area contributed by atoms with Gasteiger partial charge in [-0.1, -0.05) is 6.07 Å². The van der Waals surface area contributed by atoms with E-state index < -0.39 is 0 Å². The molecule has 66 valence electrons. The molecular formula is C8H7BrN4. The highest BCUT2D eigenvalue weighted by Gasteiger charge is 2.02. The number of aromatic nitrogens is 4. The van der Waals surface area contributed by atoms with Gasteiger partial charge in [-0.15, -0.1) is 5.10 Å². The second-order valence-electron chi connectivity index (χ2n) is 2.71. The van der Waals surface area contributed by atoms with Gasteiger partial charge in [0.2, 0.25) is 0 Å². The maximum atomic E-state index is 3.80. The molecule has 0 bridgehead atoms. The van der Waals surface area contributed by atoms with Crippen LogP contribution in [0.5, 0.6) is 0 Å². The molecule has 2 rings (SSSR count). The number of hydrogen-bond donors (Lipinski definition) is 0. The summed E-state index contributed by atoms with van der Waals surface area (Å²) in [6.07, 6.45) is 1.56. The summed E-state index contributed by atoms with van der Waals surface area (Å²) in [5, 5.41) is 10.9. The number of tetrazole rings is 1. The molecule has 1 heterocycles. The second kappa shape index (κ2) is 3.26. The van der Waals surface area contributed by atoms with Gasteiger partial charge in [-0.3, -0.25) is 0 Å². The topological polar surface area (TPSA) is 43.6 Å². The second-order valence-corrected chi connectivity index (χ2v) is 3.56. The molecule has 0 aliphatic heterocycles. The highest BCUT2D eigenvalue weighted by Crippen LogP contribution is 2.20. The maximum Gasteiger partial charge on any atom is 0.143 e. The third-order valence-corrected chi connectivity index (χ3v) is 2.33. The molecule has 1 aromatic heterocycles. The molecule has 13 heavy (non-hydrogen) atoms. The van der Waals surface area contributed by atoms with Crippen molar-refractivity contribution in [2.24, 2.45) is 0 Å². The van der Waals surface area contributed by atoms with Crippen molar-refractivity contribution in [2.45, 2.75) is 6.92 Å². The molecule has 2 aromatic rings. The zero-order valence-electron chi connectivity index (χ0n) is 6.98. The van der Waals surface area contributed by atoms with E-state index in [-0.39, 0.29) is 0 Å². The van der Waals surface area contributed by atoms with E-state index >= 15 is 0 Å². The minimum Gasteiger partial charge on any atom is -0.199 e. The van der Waals surface area contributed by atoms with Crippen LogP contribution in [0, 0.1) is 6.92 Å². The van der Waals surface area contributed by atoms with E-state index in [1.807, 2.05) is 25.1 Å². The fourth-order valence-electron chi connectivity index (χ4n) is 1.07. The first-order chi connectivity index (χ1) is 6.27. The van der Waals surface area contributed by atoms with Gasteiger partial charge in [0.1, 0.15) is 6.33 Å². The molecule has 0 fully saturated rings. The quantitative estimate of drug-likeness (QED) is 0.761. The van der Waals surface area contributed by atoms with Gasteiger partial charge in [-0.05, 0) is 51.0 Å². The fourth-order valence-corrected chi connectivity index (χ4v) is 1.74. The Bertz CT molecular complexity index is 410. The summed E-state index contributed by atoms with van der Waals surface area (Å²) >= 11 is 3.45. The molecule has 0 spiro atoms. The van der Waals surface area contributed by atoms with E-state index in [2.05, 4.69) is 31.5 Å². The van der Waals surface area contributed by atoms with Crippen molar-refractivity contribution in [1.82, 2.24) is 20.2 Å². The normalized spacial score (nSPS) is 10.3. The molecule has 0 saturated heterocycles. The van der Waals surface area contributed by atoms with E-state index in [1.165, 1.54) is 5.56 Å². The Morgan fingerprint density at radius 2 is 2.23 bits per heavy atom. The van der Waals surface area contributed by atoms with E-state index in [4.69, 9.17) is 0 Å². The summed E-state index contributed by atoms with van der Waals surface area (Å²) in [5.41, 5.74) is 2.14. The van der Waals surface area contributed by atoms with Crippen molar-refractivity contribution in [3.8, 4) is 5.69 Å². The largest absolute Gasteiger partial charge is 0.199 e. The zero-order valence-corrected chi connectivity index (χ0v) is 8.56. The number of halogens is 1.